The molecule has 1 aliphatic carbocycles. The first-order valence-electron chi connectivity index (χ1n) is 8.90. The van der Waals surface area contributed by atoms with E-state index in [-0.39, 0.29) is 6.42 Å². The molecule has 27 heavy (non-hydrogen) atoms. The number of esters is 1. The Balaban J connectivity index is 1.60. The van der Waals surface area contributed by atoms with Crippen molar-refractivity contribution in [2.24, 2.45) is 5.73 Å². The molecule has 7 heteroatoms. The molecule has 3 rings (SSSR count). The number of fused-ring (bicyclic) bond motifs is 1. The smallest absolute Gasteiger partial charge is 0.310 e. The Kier molecular flexibility index (Phi) is 5.91. The summed E-state index contributed by atoms with van der Waals surface area (Å²) in [6.45, 7) is 1.52. The lowest BCUT2D eigenvalue weighted by Crippen LogP contribution is -2.23. The van der Waals surface area contributed by atoms with Gasteiger partial charge >= 0.3 is 5.97 Å². The maximum Gasteiger partial charge on any atom is 0.310 e. The standard InChI is InChI=1S/C20H22N2O4S/c1-12-6-2-3-7-13(12)10-17(24)26-11-16(23)22-20-18(19(21)25)14-8-4-5-9-15(14)27-20/h2-3,6-7H,4-5,8-11H2,1H3,(H2,21,25)(H,22,23). The topological polar surface area (TPSA) is 98.5 Å². The average Bonchev–Trinajstić information content (AvgIpc) is 3.00. The summed E-state index contributed by atoms with van der Waals surface area (Å²) >= 11 is 1.38. The summed E-state index contributed by atoms with van der Waals surface area (Å²) in [4.78, 5) is 37.1. The second kappa shape index (κ2) is 8.35. The molecule has 1 aromatic carbocycles. The van der Waals surface area contributed by atoms with E-state index in [1.165, 1.54) is 11.3 Å². The van der Waals surface area contributed by atoms with Crippen molar-refractivity contribution in [3.63, 3.8) is 0 Å². The second-order valence-corrected chi connectivity index (χ2v) is 7.70. The Labute approximate surface area is 161 Å². The van der Waals surface area contributed by atoms with E-state index in [1.54, 1.807) is 0 Å². The molecule has 1 aromatic heterocycles. The molecule has 0 saturated heterocycles. The third kappa shape index (κ3) is 4.54. The minimum Gasteiger partial charge on any atom is -0.455 e. The molecule has 3 N–H and O–H groups in total. The first-order chi connectivity index (χ1) is 13.0. The van der Waals surface area contributed by atoms with Gasteiger partial charge in [-0.3, -0.25) is 14.4 Å². The van der Waals surface area contributed by atoms with Gasteiger partial charge in [0.25, 0.3) is 11.8 Å². The molecule has 0 aliphatic heterocycles. The third-order valence-corrected chi connectivity index (χ3v) is 5.84. The highest BCUT2D eigenvalue weighted by molar-refractivity contribution is 7.17. The fraction of sp³-hybridized carbons (Fsp3) is 0.350. The number of amides is 2. The van der Waals surface area contributed by atoms with Crippen LogP contribution in [0.15, 0.2) is 24.3 Å². The number of carbonyl (C=O) groups excluding carboxylic acids is 3. The highest BCUT2D eigenvalue weighted by Gasteiger charge is 2.25. The van der Waals surface area contributed by atoms with E-state index in [0.717, 1.165) is 47.3 Å². The van der Waals surface area contributed by atoms with Gasteiger partial charge < -0.3 is 15.8 Å². The quantitative estimate of drug-likeness (QED) is 0.746. The molecule has 0 atom stereocenters. The largest absolute Gasteiger partial charge is 0.455 e. The molecule has 1 aliphatic rings. The van der Waals surface area contributed by atoms with Crippen LogP contribution in [0.2, 0.25) is 0 Å². The number of nitrogens with two attached hydrogens (primary N) is 1. The first kappa shape index (κ1) is 19.1. The van der Waals surface area contributed by atoms with Gasteiger partial charge in [-0.2, -0.15) is 0 Å². The van der Waals surface area contributed by atoms with E-state index < -0.39 is 24.4 Å². The van der Waals surface area contributed by atoms with Crippen LogP contribution in [0.4, 0.5) is 5.00 Å². The zero-order chi connectivity index (χ0) is 19.4. The van der Waals surface area contributed by atoms with E-state index in [4.69, 9.17) is 10.5 Å². The van der Waals surface area contributed by atoms with E-state index in [1.807, 2.05) is 31.2 Å². The maximum atomic E-state index is 12.2. The monoisotopic (exact) mass is 386 g/mol. The molecule has 0 saturated carbocycles. The molecule has 1 heterocycles. The summed E-state index contributed by atoms with van der Waals surface area (Å²) in [5, 5.41) is 3.13. The molecule has 0 radical (unpaired) electrons. The summed E-state index contributed by atoms with van der Waals surface area (Å²) in [6.07, 6.45) is 3.87. The highest BCUT2D eigenvalue weighted by Crippen LogP contribution is 2.37. The van der Waals surface area contributed by atoms with Gasteiger partial charge in [-0.1, -0.05) is 24.3 Å². The Morgan fingerprint density at radius 1 is 1.19 bits per heavy atom. The van der Waals surface area contributed by atoms with Crippen molar-refractivity contribution in [1.29, 1.82) is 0 Å². The van der Waals surface area contributed by atoms with Gasteiger partial charge in [0.15, 0.2) is 6.61 Å². The van der Waals surface area contributed by atoms with Crippen LogP contribution in [0.3, 0.4) is 0 Å². The van der Waals surface area contributed by atoms with Crippen molar-refractivity contribution in [3.05, 3.63) is 51.4 Å². The average molecular weight is 386 g/mol. The Hall–Kier alpha value is -2.67. The maximum absolute atomic E-state index is 12.2. The molecule has 0 unspecified atom stereocenters. The SMILES string of the molecule is Cc1ccccc1CC(=O)OCC(=O)Nc1sc2c(c1C(N)=O)CCCC2. The molecule has 0 bridgehead atoms. The number of hydrogen-bond acceptors (Lipinski definition) is 5. The van der Waals surface area contributed by atoms with Crippen molar-refractivity contribution in [2.75, 3.05) is 11.9 Å². The van der Waals surface area contributed by atoms with Gasteiger partial charge in [0.2, 0.25) is 0 Å². The number of primary amides is 1. The summed E-state index contributed by atoms with van der Waals surface area (Å²) in [5.74, 6) is -1.49. The third-order valence-electron chi connectivity index (χ3n) is 4.63. The van der Waals surface area contributed by atoms with Crippen molar-refractivity contribution in [1.82, 2.24) is 0 Å². The lowest BCUT2D eigenvalue weighted by Gasteiger charge is -2.11. The van der Waals surface area contributed by atoms with Crippen LogP contribution in [0.5, 0.6) is 0 Å². The van der Waals surface area contributed by atoms with Crippen LogP contribution >= 0.6 is 11.3 Å². The predicted molar refractivity (Wildman–Crippen MR) is 104 cm³/mol. The second-order valence-electron chi connectivity index (χ2n) is 6.59. The van der Waals surface area contributed by atoms with Crippen molar-refractivity contribution in [2.45, 2.75) is 39.0 Å². The molecule has 6 nitrogen and oxygen atoms in total. The van der Waals surface area contributed by atoms with Gasteiger partial charge in [-0.25, -0.2) is 0 Å². The lowest BCUT2D eigenvalue weighted by atomic mass is 9.95. The molecule has 0 spiro atoms. The summed E-state index contributed by atoms with van der Waals surface area (Å²) in [7, 11) is 0. The van der Waals surface area contributed by atoms with Crippen molar-refractivity contribution in [3.8, 4) is 0 Å². The van der Waals surface area contributed by atoms with Crippen LogP contribution in [0.25, 0.3) is 0 Å². The molecule has 2 aromatic rings. The summed E-state index contributed by atoms with van der Waals surface area (Å²) in [5.41, 5.74) is 8.72. The number of anilines is 1. The van der Waals surface area contributed by atoms with Gasteiger partial charge in [0, 0.05) is 4.88 Å². The number of benzene rings is 1. The van der Waals surface area contributed by atoms with Crippen LogP contribution in [-0.2, 0) is 33.6 Å². The van der Waals surface area contributed by atoms with Crippen LogP contribution in [-0.4, -0.2) is 24.4 Å². The fourth-order valence-electron chi connectivity index (χ4n) is 3.24. The minimum atomic E-state index is -0.541. The van der Waals surface area contributed by atoms with E-state index in [2.05, 4.69) is 5.32 Å². The number of rotatable bonds is 6. The van der Waals surface area contributed by atoms with E-state index in [9.17, 15) is 14.4 Å². The number of carbonyl (C=O) groups is 3. The number of hydrogen-bond donors (Lipinski definition) is 2. The molecule has 0 fully saturated rings. The number of ether oxygens (including phenoxy) is 1. The van der Waals surface area contributed by atoms with Gasteiger partial charge in [-0.15, -0.1) is 11.3 Å². The van der Waals surface area contributed by atoms with Crippen molar-refractivity contribution >= 4 is 34.1 Å². The van der Waals surface area contributed by atoms with Gasteiger partial charge in [0.1, 0.15) is 5.00 Å². The van der Waals surface area contributed by atoms with E-state index in [0.29, 0.717) is 10.6 Å². The summed E-state index contributed by atoms with van der Waals surface area (Å²) in [6, 6.07) is 7.52. The van der Waals surface area contributed by atoms with Crippen LogP contribution in [0, 0.1) is 6.92 Å². The summed E-state index contributed by atoms with van der Waals surface area (Å²) < 4.78 is 5.07. The molecular formula is C20H22N2O4S. The van der Waals surface area contributed by atoms with Crippen molar-refractivity contribution < 1.29 is 19.1 Å². The van der Waals surface area contributed by atoms with Crippen LogP contribution in [0.1, 0.15) is 44.8 Å². The van der Waals surface area contributed by atoms with Crippen LogP contribution < -0.4 is 11.1 Å². The van der Waals surface area contributed by atoms with Gasteiger partial charge in [0.05, 0.1) is 12.0 Å². The number of aryl methyl sites for hydroxylation is 2. The zero-order valence-corrected chi connectivity index (χ0v) is 16.0. The molecular weight excluding hydrogens is 364 g/mol. The highest BCUT2D eigenvalue weighted by atomic mass is 32.1. The number of thiophene rings is 1. The fourth-order valence-corrected chi connectivity index (χ4v) is 4.55. The number of nitrogens with one attached hydrogen (secondary N) is 1. The van der Waals surface area contributed by atoms with E-state index >= 15 is 0 Å². The lowest BCUT2D eigenvalue weighted by molar-refractivity contribution is -0.146. The Morgan fingerprint density at radius 3 is 2.67 bits per heavy atom. The Bertz CT molecular complexity index is 888. The molecule has 142 valence electrons. The molecule has 2 amide bonds. The normalized spacial score (nSPS) is 12.9. The minimum absolute atomic E-state index is 0.111. The predicted octanol–water partition coefficient (Wildman–Crippen LogP) is 2.76. The Morgan fingerprint density at radius 2 is 1.93 bits per heavy atom. The zero-order valence-electron chi connectivity index (χ0n) is 15.2. The first-order valence-corrected chi connectivity index (χ1v) is 9.71. The van der Waals surface area contributed by atoms with Gasteiger partial charge in [-0.05, 0) is 49.3 Å².